The van der Waals surface area contributed by atoms with Crippen molar-refractivity contribution in [2.24, 2.45) is 0 Å². The number of carbonyl (C=O) groups is 2. The van der Waals surface area contributed by atoms with Crippen LogP contribution in [0.1, 0.15) is 21.5 Å². The third kappa shape index (κ3) is 4.91. The van der Waals surface area contributed by atoms with Gasteiger partial charge in [0, 0.05) is 61.2 Å². The lowest BCUT2D eigenvalue weighted by Crippen LogP contribution is -2.52. The molecule has 0 saturated heterocycles. The maximum atomic E-state index is 13.3. The Labute approximate surface area is 222 Å². The van der Waals surface area contributed by atoms with E-state index in [-0.39, 0.29) is 40.9 Å². The standard InChI is InChI=1S/C26H22FN5O6S/c1-30(2)18-9-12-32(13-10-18)39(36,37)29-26(35)38-24-19-4-3-11-28-22(19)23(33)21-20(24)15-31(25(21)34)14-16-5-7-17(27)8-6-16/h3-13H,14-15H2,1-2H3,(H-,29,33,34,35). The Morgan fingerprint density at radius 3 is 2.54 bits per heavy atom. The first-order valence-electron chi connectivity index (χ1n) is 11.6. The predicted molar refractivity (Wildman–Crippen MR) is 136 cm³/mol. The lowest BCUT2D eigenvalue weighted by molar-refractivity contribution is -0.512. The topological polar surface area (TPSA) is 136 Å². The number of nitrogens with one attached hydrogen (secondary N) is 1. The summed E-state index contributed by atoms with van der Waals surface area (Å²) in [4.78, 5) is 33.2. The van der Waals surface area contributed by atoms with E-state index in [1.54, 1.807) is 31.1 Å². The Bertz CT molecular complexity index is 1710. The molecule has 11 nitrogen and oxygen atoms in total. The van der Waals surface area contributed by atoms with Crippen LogP contribution in [0.2, 0.25) is 0 Å². The van der Waals surface area contributed by atoms with Crippen LogP contribution >= 0.6 is 0 Å². The SMILES string of the molecule is CN(C)c1cc[n+](S(=O)(=O)NC(=O)Oc2c3c(c([O-])c4ncccc24)C(=O)N(Cc2ccc(F)cc2)C3)cc1. The first-order valence-corrected chi connectivity index (χ1v) is 13.1. The van der Waals surface area contributed by atoms with E-state index in [1.165, 1.54) is 59.9 Å². The van der Waals surface area contributed by atoms with E-state index in [9.17, 15) is 27.5 Å². The number of fused-ring (bicyclic) bond motifs is 2. The highest BCUT2D eigenvalue weighted by atomic mass is 32.2. The molecule has 0 unspecified atom stereocenters. The molecule has 0 radical (unpaired) electrons. The van der Waals surface area contributed by atoms with Crippen LogP contribution in [-0.2, 0) is 23.3 Å². The molecule has 13 heteroatoms. The molecule has 0 atom stereocenters. The van der Waals surface area contributed by atoms with Gasteiger partial charge < -0.3 is 19.6 Å². The van der Waals surface area contributed by atoms with Gasteiger partial charge in [-0.2, -0.15) is 4.72 Å². The van der Waals surface area contributed by atoms with E-state index < -0.39 is 33.8 Å². The molecule has 39 heavy (non-hydrogen) atoms. The first kappa shape index (κ1) is 25.9. The summed E-state index contributed by atoms with van der Waals surface area (Å²) in [5.74, 6) is -1.83. The molecule has 2 aromatic heterocycles. The van der Waals surface area contributed by atoms with Gasteiger partial charge in [0.05, 0.1) is 12.1 Å². The first-order chi connectivity index (χ1) is 18.5. The number of nitrogens with zero attached hydrogens (tertiary/aromatic N) is 4. The second-order valence-electron chi connectivity index (χ2n) is 8.98. The second kappa shape index (κ2) is 9.83. The van der Waals surface area contributed by atoms with Crippen molar-refractivity contribution in [3.63, 3.8) is 0 Å². The van der Waals surface area contributed by atoms with Gasteiger partial charge >= 0.3 is 16.3 Å². The zero-order valence-electron chi connectivity index (χ0n) is 20.8. The summed E-state index contributed by atoms with van der Waals surface area (Å²) in [5, 5.41) is 13.3. The summed E-state index contributed by atoms with van der Waals surface area (Å²) in [7, 11) is -0.792. The minimum atomic E-state index is -4.38. The Balaban J connectivity index is 1.47. The van der Waals surface area contributed by atoms with Crippen molar-refractivity contribution in [1.82, 2.24) is 14.6 Å². The van der Waals surface area contributed by atoms with Gasteiger partial charge in [0.25, 0.3) is 5.91 Å². The number of hydrogen-bond donors (Lipinski definition) is 1. The van der Waals surface area contributed by atoms with E-state index in [1.807, 2.05) is 4.72 Å². The van der Waals surface area contributed by atoms with Crippen LogP contribution in [0.3, 0.4) is 0 Å². The highest BCUT2D eigenvalue weighted by Gasteiger charge is 2.35. The highest BCUT2D eigenvalue weighted by molar-refractivity contribution is 7.83. The average Bonchev–Trinajstić information content (AvgIpc) is 3.23. The number of halogens is 1. The summed E-state index contributed by atoms with van der Waals surface area (Å²) in [5.41, 5.74) is 1.17. The van der Waals surface area contributed by atoms with Gasteiger partial charge in [0.2, 0.25) is 0 Å². The van der Waals surface area contributed by atoms with E-state index in [4.69, 9.17) is 4.74 Å². The number of benzene rings is 2. The number of rotatable bonds is 6. The predicted octanol–water partition coefficient (Wildman–Crippen LogP) is 1.84. The molecule has 4 aromatic rings. The summed E-state index contributed by atoms with van der Waals surface area (Å²) in [6, 6.07) is 11.6. The monoisotopic (exact) mass is 551 g/mol. The van der Waals surface area contributed by atoms with Crippen LogP contribution in [0.25, 0.3) is 10.9 Å². The normalized spacial score (nSPS) is 12.9. The van der Waals surface area contributed by atoms with Crippen molar-refractivity contribution in [3.8, 4) is 11.5 Å². The summed E-state index contributed by atoms with van der Waals surface area (Å²) >= 11 is 0. The van der Waals surface area contributed by atoms with Crippen LogP contribution < -0.4 is 23.4 Å². The third-order valence-corrected chi connectivity index (χ3v) is 7.42. The number of carbonyl (C=O) groups excluding carboxylic acids is 2. The highest BCUT2D eigenvalue weighted by Crippen LogP contribution is 2.42. The third-order valence-electron chi connectivity index (χ3n) is 6.19. The van der Waals surface area contributed by atoms with E-state index in [0.717, 1.165) is 9.66 Å². The molecule has 200 valence electrons. The van der Waals surface area contributed by atoms with Gasteiger partial charge in [-0.25, -0.2) is 9.18 Å². The van der Waals surface area contributed by atoms with Gasteiger partial charge in [-0.1, -0.05) is 21.9 Å². The fourth-order valence-electron chi connectivity index (χ4n) is 4.29. The maximum Gasteiger partial charge on any atom is 0.475 e. The molecule has 1 aliphatic heterocycles. The van der Waals surface area contributed by atoms with E-state index >= 15 is 0 Å². The van der Waals surface area contributed by atoms with Crippen molar-refractivity contribution in [1.29, 1.82) is 0 Å². The molecule has 1 aliphatic rings. The molecule has 3 heterocycles. The number of aromatic nitrogens is 2. The van der Waals surface area contributed by atoms with Crippen molar-refractivity contribution in [3.05, 3.63) is 89.6 Å². The Morgan fingerprint density at radius 2 is 1.87 bits per heavy atom. The van der Waals surface area contributed by atoms with Gasteiger partial charge in [-0.15, -0.1) is 8.42 Å². The van der Waals surface area contributed by atoms with E-state index in [0.29, 0.717) is 5.56 Å². The lowest BCUT2D eigenvalue weighted by atomic mass is 10.0. The molecule has 5 rings (SSSR count). The number of pyridine rings is 2. The number of amides is 2. The zero-order valence-corrected chi connectivity index (χ0v) is 21.6. The Hall–Kier alpha value is -4.78. The van der Waals surface area contributed by atoms with Crippen LogP contribution in [0.4, 0.5) is 14.9 Å². The molecule has 0 fully saturated rings. The number of anilines is 1. The molecule has 0 aliphatic carbocycles. The molecular formula is C26H22FN5O6S. The Morgan fingerprint density at radius 1 is 1.18 bits per heavy atom. The fourth-order valence-corrected chi connectivity index (χ4v) is 5.09. The van der Waals surface area contributed by atoms with Crippen molar-refractivity contribution in [2.75, 3.05) is 19.0 Å². The number of hydrogen-bond acceptors (Lipinski definition) is 8. The molecule has 0 spiro atoms. The summed E-state index contributed by atoms with van der Waals surface area (Å²) in [6.07, 6.45) is 2.55. The lowest BCUT2D eigenvalue weighted by Gasteiger charge is -2.18. The summed E-state index contributed by atoms with van der Waals surface area (Å²) < 4.78 is 47.0. The fraction of sp³-hybridized carbons (Fsp3) is 0.154. The summed E-state index contributed by atoms with van der Waals surface area (Å²) in [6.45, 7) is -0.0294. The number of ether oxygens (including phenoxy) is 1. The van der Waals surface area contributed by atoms with E-state index in [2.05, 4.69) is 4.98 Å². The quantitative estimate of drug-likeness (QED) is 0.359. The van der Waals surface area contributed by atoms with Crippen LogP contribution in [-0.4, -0.2) is 44.4 Å². The molecule has 2 amide bonds. The van der Waals surface area contributed by atoms with Crippen LogP contribution in [0.5, 0.6) is 11.5 Å². The van der Waals surface area contributed by atoms with Crippen molar-refractivity contribution < 1.29 is 36.2 Å². The van der Waals surface area contributed by atoms with Gasteiger partial charge in [0.15, 0.2) is 12.4 Å². The smallest absolute Gasteiger partial charge is 0.475 e. The Kier molecular flexibility index (Phi) is 6.52. The minimum absolute atomic E-state index is 0.0661. The van der Waals surface area contributed by atoms with Crippen molar-refractivity contribution >= 4 is 38.8 Å². The van der Waals surface area contributed by atoms with Crippen LogP contribution in [0.15, 0.2) is 67.1 Å². The molecular weight excluding hydrogens is 529 g/mol. The van der Waals surface area contributed by atoms with Crippen LogP contribution in [0, 0.1) is 5.82 Å². The second-order valence-corrected chi connectivity index (χ2v) is 10.6. The maximum absolute atomic E-state index is 13.3. The zero-order chi connectivity index (χ0) is 27.9. The molecule has 2 aromatic carbocycles. The molecule has 1 N–H and O–H groups in total. The van der Waals surface area contributed by atoms with Gasteiger partial charge in [0.1, 0.15) is 11.6 Å². The van der Waals surface area contributed by atoms with Gasteiger partial charge in [-0.3, -0.25) is 9.78 Å². The molecule has 0 bridgehead atoms. The largest absolute Gasteiger partial charge is 0.870 e. The molecule has 0 saturated carbocycles. The minimum Gasteiger partial charge on any atom is -0.870 e. The average molecular weight is 552 g/mol. The van der Waals surface area contributed by atoms with Gasteiger partial charge in [-0.05, 0) is 29.8 Å². The van der Waals surface area contributed by atoms with Crippen molar-refractivity contribution in [2.45, 2.75) is 13.1 Å².